The Hall–Kier alpha value is -2.64. The Labute approximate surface area is 181 Å². The Morgan fingerprint density at radius 3 is 2.57 bits per heavy atom. The number of ether oxygens (including phenoxy) is 1. The van der Waals surface area contributed by atoms with Crippen LogP contribution in [0.4, 0.5) is 5.95 Å². The first-order chi connectivity index (χ1) is 14.7. The van der Waals surface area contributed by atoms with E-state index in [1.54, 1.807) is 0 Å². The number of benzene rings is 2. The molecule has 0 unspecified atom stereocenters. The molecule has 0 aliphatic carbocycles. The van der Waals surface area contributed by atoms with Crippen molar-refractivity contribution in [2.45, 2.75) is 25.4 Å². The largest absolute Gasteiger partial charge is 0.378 e. The number of thioether (sulfide) groups is 1. The van der Waals surface area contributed by atoms with Gasteiger partial charge >= 0.3 is 0 Å². The van der Waals surface area contributed by atoms with Crippen LogP contribution in [0.3, 0.4) is 0 Å². The molecule has 0 N–H and O–H groups in total. The fourth-order valence-electron chi connectivity index (χ4n) is 3.46. The van der Waals surface area contributed by atoms with Crippen LogP contribution < -0.4 is 4.90 Å². The Balaban J connectivity index is 1.59. The molecule has 6 nitrogen and oxygen atoms in total. The molecule has 0 saturated carbocycles. The number of Topliss-reactive ketones (excluding diaryl/α,β-unsaturated/α-hetero) is 1. The van der Waals surface area contributed by atoms with Gasteiger partial charge in [-0.15, -0.1) is 10.2 Å². The van der Waals surface area contributed by atoms with Crippen molar-refractivity contribution in [2.24, 2.45) is 0 Å². The third-order valence-electron chi connectivity index (χ3n) is 5.19. The zero-order valence-electron chi connectivity index (χ0n) is 17.4. The highest BCUT2D eigenvalue weighted by Crippen LogP contribution is 2.28. The van der Waals surface area contributed by atoms with Gasteiger partial charge in [0.2, 0.25) is 5.95 Å². The zero-order valence-corrected chi connectivity index (χ0v) is 18.2. The summed E-state index contributed by atoms with van der Waals surface area (Å²) in [7, 11) is 0. The smallest absolute Gasteiger partial charge is 0.232 e. The van der Waals surface area contributed by atoms with Crippen LogP contribution in [-0.4, -0.2) is 52.6 Å². The summed E-state index contributed by atoms with van der Waals surface area (Å²) >= 11 is 1.43. The van der Waals surface area contributed by atoms with Gasteiger partial charge in [-0.25, -0.2) is 0 Å². The lowest BCUT2D eigenvalue weighted by Gasteiger charge is -2.28. The molecule has 3 aromatic rings. The Morgan fingerprint density at radius 1 is 1.10 bits per heavy atom. The van der Waals surface area contributed by atoms with Crippen LogP contribution in [-0.2, 0) is 11.2 Å². The molecule has 1 aromatic heterocycles. The molecule has 0 spiro atoms. The molecule has 2 heterocycles. The summed E-state index contributed by atoms with van der Waals surface area (Å²) in [6.45, 7) is 7.08. The monoisotopic (exact) mass is 422 g/mol. The molecule has 0 bridgehead atoms. The highest BCUT2D eigenvalue weighted by molar-refractivity contribution is 7.99. The number of morpholine rings is 1. The lowest BCUT2D eigenvalue weighted by atomic mass is 10.1. The molecule has 7 heteroatoms. The fraction of sp³-hybridized carbons (Fsp3) is 0.348. The van der Waals surface area contributed by atoms with Crippen LogP contribution in [0.25, 0.3) is 5.69 Å². The molecule has 1 fully saturated rings. The van der Waals surface area contributed by atoms with Gasteiger partial charge in [-0.1, -0.05) is 55.1 Å². The number of anilines is 1. The standard InChI is InChI=1S/C23H26N4O2S/c1-3-18-7-9-19(10-8-18)21(28)16-30-23-25-24-22(26-11-13-29-14-12-26)27(23)20-6-4-5-17(2)15-20/h4-10,15H,3,11-14,16H2,1-2H3. The molecule has 0 amide bonds. The first-order valence-electron chi connectivity index (χ1n) is 10.3. The molecule has 0 radical (unpaired) electrons. The quantitative estimate of drug-likeness (QED) is 0.424. The maximum absolute atomic E-state index is 12.7. The number of carbonyl (C=O) groups is 1. The van der Waals surface area contributed by atoms with Crippen LogP contribution in [0, 0.1) is 6.92 Å². The van der Waals surface area contributed by atoms with E-state index in [4.69, 9.17) is 4.74 Å². The average Bonchev–Trinajstić information content (AvgIpc) is 3.22. The number of nitrogens with zero attached hydrogens (tertiary/aromatic N) is 4. The minimum absolute atomic E-state index is 0.0920. The highest BCUT2D eigenvalue weighted by Gasteiger charge is 2.22. The second-order valence-corrected chi connectivity index (χ2v) is 8.26. The Kier molecular flexibility index (Phi) is 6.50. The van der Waals surface area contributed by atoms with E-state index in [1.165, 1.54) is 17.3 Å². The van der Waals surface area contributed by atoms with Crippen molar-refractivity contribution < 1.29 is 9.53 Å². The average molecular weight is 423 g/mol. The van der Waals surface area contributed by atoms with E-state index in [-0.39, 0.29) is 5.78 Å². The van der Waals surface area contributed by atoms with Crippen molar-refractivity contribution >= 4 is 23.5 Å². The van der Waals surface area contributed by atoms with Crippen molar-refractivity contribution in [3.63, 3.8) is 0 Å². The summed E-state index contributed by atoms with van der Waals surface area (Å²) in [5.74, 6) is 1.21. The number of carbonyl (C=O) groups excluding carboxylic acids is 1. The lowest BCUT2D eigenvalue weighted by molar-refractivity contribution is 0.102. The van der Waals surface area contributed by atoms with E-state index in [0.717, 1.165) is 47.4 Å². The summed E-state index contributed by atoms with van der Waals surface area (Å²) in [5, 5.41) is 9.62. The van der Waals surface area contributed by atoms with Crippen LogP contribution >= 0.6 is 11.8 Å². The van der Waals surface area contributed by atoms with Crippen molar-refractivity contribution in [3.8, 4) is 5.69 Å². The van der Waals surface area contributed by atoms with Gasteiger partial charge in [0.05, 0.1) is 24.7 Å². The molecule has 1 saturated heterocycles. The number of hydrogen-bond donors (Lipinski definition) is 0. The van der Waals surface area contributed by atoms with E-state index in [0.29, 0.717) is 19.0 Å². The van der Waals surface area contributed by atoms with Crippen molar-refractivity contribution in [1.82, 2.24) is 14.8 Å². The van der Waals surface area contributed by atoms with Gasteiger partial charge in [-0.2, -0.15) is 0 Å². The van der Waals surface area contributed by atoms with Gasteiger partial charge in [-0.3, -0.25) is 9.36 Å². The molecule has 0 atom stereocenters. The Bertz CT molecular complexity index is 1010. The van der Waals surface area contributed by atoms with Gasteiger partial charge in [0.25, 0.3) is 0 Å². The van der Waals surface area contributed by atoms with E-state index in [9.17, 15) is 4.79 Å². The van der Waals surface area contributed by atoms with Crippen LogP contribution in [0.15, 0.2) is 53.7 Å². The van der Waals surface area contributed by atoms with Gasteiger partial charge in [0, 0.05) is 18.7 Å². The summed E-state index contributed by atoms with van der Waals surface area (Å²) in [6.07, 6.45) is 0.965. The van der Waals surface area contributed by atoms with E-state index >= 15 is 0 Å². The van der Waals surface area contributed by atoms with Crippen molar-refractivity contribution in [1.29, 1.82) is 0 Å². The topological polar surface area (TPSA) is 60.3 Å². The van der Waals surface area contributed by atoms with Gasteiger partial charge in [-0.05, 0) is 36.6 Å². The molecule has 4 rings (SSSR count). The van der Waals surface area contributed by atoms with Gasteiger partial charge in [0.1, 0.15) is 0 Å². The third kappa shape index (κ3) is 4.57. The predicted octanol–water partition coefficient (Wildman–Crippen LogP) is 3.95. The summed E-state index contributed by atoms with van der Waals surface area (Å²) < 4.78 is 7.54. The third-order valence-corrected chi connectivity index (χ3v) is 6.12. The molecular formula is C23H26N4O2S. The van der Waals surface area contributed by atoms with Crippen LogP contribution in [0.5, 0.6) is 0 Å². The zero-order chi connectivity index (χ0) is 20.9. The maximum atomic E-state index is 12.7. The van der Waals surface area contributed by atoms with Crippen molar-refractivity contribution in [3.05, 3.63) is 65.2 Å². The number of ketones is 1. The predicted molar refractivity (Wildman–Crippen MR) is 120 cm³/mol. The number of aromatic nitrogens is 3. The van der Waals surface area contributed by atoms with E-state index in [1.807, 2.05) is 30.3 Å². The molecule has 30 heavy (non-hydrogen) atoms. The molecule has 156 valence electrons. The van der Waals surface area contributed by atoms with E-state index < -0.39 is 0 Å². The van der Waals surface area contributed by atoms with Gasteiger partial charge < -0.3 is 9.64 Å². The number of aryl methyl sites for hydroxylation is 2. The first kappa shape index (κ1) is 20.6. The second-order valence-electron chi connectivity index (χ2n) is 7.32. The Morgan fingerprint density at radius 2 is 1.87 bits per heavy atom. The minimum Gasteiger partial charge on any atom is -0.378 e. The van der Waals surface area contributed by atoms with Crippen molar-refractivity contribution in [2.75, 3.05) is 37.0 Å². The van der Waals surface area contributed by atoms with Crippen LogP contribution in [0.2, 0.25) is 0 Å². The maximum Gasteiger partial charge on any atom is 0.232 e. The number of rotatable bonds is 7. The normalized spacial score (nSPS) is 14.1. The first-order valence-corrected chi connectivity index (χ1v) is 11.2. The van der Waals surface area contributed by atoms with Gasteiger partial charge in [0.15, 0.2) is 10.9 Å². The molecule has 1 aliphatic rings. The highest BCUT2D eigenvalue weighted by atomic mass is 32.2. The minimum atomic E-state index is 0.0920. The molecule has 1 aliphatic heterocycles. The number of hydrogen-bond acceptors (Lipinski definition) is 6. The SMILES string of the molecule is CCc1ccc(C(=O)CSc2nnc(N3CCOCC3)n2-c2cccc(C)c2)cc1. The molecular weight excluding hydrogens is 396 g/mol. The van der Waals surface area contributed by atoms with E-state index in [2.05, 4.69) is 51.7 Å². The summed E-state index contributed by atoms with van der Waals surface area (Å²) in [6, 6.07) is 16.1. The molecule has 2 aromatic carbocycles. The summed E-state index contributed by atoms with van der Waals surface area (Å²) in [5.41, 5.74) is 4.13. The summed E-state index contributed by atoms with van der Waals surface area (Å²) in [4.78, 5) is 14.9. The lowest BCUT2D eigenvalue weighted by Crippen LogP contribution is -2.37. The van der Waals surface area contributed by atoms with Crippen LogP contribution in [0.1, 0.15) is 28.4 Å². The second kappa shape index (κ2) is 9.45. The fourth-order valence-corrected chi connectivity index (χ4v) is 4.30.